The fraction of sp³-hybridized carbons (Fsp3) is 0.333. The Labute approximate surface area is 158 Å². The van der Waals surface area contributed by atoms with Gasteiger partial charge in [-0.25, -0.2) is 9.50 Å². The molecule has 0 bridgehead atoms. The highest BCUT2D eigenvalue weighted by atomic mass is 35.5. The molecule has 26 heavy (non-hydrogen) atoms. The zero-order chi connectivity index (χ0) is 18.0. The van der Waals surface area contributed by atoms with E-state index in [0.29, 0.717) is 24.4 Å². The lowest BCUT2D eigenvalue weighted by Crippen LogP contribution is -2.15. The van der Waals surface area contributed by atoms with Crippen LogP contribution in [0.3, 0.4) is 0 Å². The first-order chi connectivity index (χ1) is 12.0. The first-order valence-corrected chi connectivity index (χ1v) is 8.27. The Morgan fingerprint density at radius 2 is 1.92 bits per heavy atom. The number of carbonyl (C=O) groups is 1. The van der Waals surface area contributed by atoms with Crippen LogP contribution < -0.4 is 11.1 Å². The highest BCUT2D eigenvalue weighted by Gasteiger charge is 2.14. The molecule has 0 aliphatic carbocycles. The number of fused-ring (bicyclic) bond motifs is 1. The fourth-order valence-corrected chi connectivity index (χ4v) is 2.86. The minimum atomic E-state index is -0.0190. The third-order valence-corrected chi connectivity index (χ3v) is 4.30. The van der Waals surface area contributed by atoms with Crippen molar-refractivity contribution in [2.45, 2.75) is 40.2 Å². The Kier molecular flexibility index (Phi) is 6.28. The van der Waals surface area contributed by atoms with E-state index in [1.54, 1.807) is 4.52 Å². The number of hydrogen-bond acceptors (Lipinski definition) is 5. The lowest BCUT2D eigenvalue weighted by molar-refractivity contribution is -0.116. The second kappa shape index (κ2) is 8.25. The third kappa shape index (κ3) is 4.00. The van der Waals surface area contributed by atoms with Gasteiger partial charge in [-0.1, -0.05) is 18.2 Å². The van der Waals surface area contributed by atoms with Crippen molar-refractivity contribution in [1.82, 2.24) is 19.6 Å². The molecule has 0 saturated carbocycles. The molecule has 3 aromatic rings. The maximum Gasteiger partial charge on any atom is 0.252 e. The van der Waals surface area contributed by atoms with Crippen LogP contribution in [-0.2, 0) is 17.8 Å². The summed E-state index contributed by atoms with van der Waals surface area (Å²) in [6, 6.07) is 7.74. The zero-order valence-corrected chi connectivity index (χ0v) is 15.9. The number of carbonyl (C=O) groups excluding carboxylic acids is 1. The van der Waals surface area contributed by atoms with Gasteiger partial charge in [0, 0.05) is 23.5 Å². The predicted octanol–water partition coefficient (Wildman–Crippen LogP) is 2.50. The van der Waals surface area contributed by atoms with Crippen LogP contribution in [0.25, 0.3) is 5.78 Å². The number of nitrogens with two attached hydrogens (primary N) is 1. The van der Waals surface area contributed by atoms with Gasteiger partial charge in [-0.3, -0.25) is 4.79 Å². The fourth-order valence-electron chi connectivity index (χ4n) is 2.86. The van der Waals surface area contributed by atoms with Crippen molar-refractivity contribution in [3.8, 4) is 0 Å². The van der Waals surface area contributed by atoms with E-state index >= 15 is 0 Å². The van der Waals surface area contributed by atoms with Gasteiger partial charge in [-0.15, -0.1) is 17.5 Å². The summed E-state index contributed by atoms with van der Waals surface area (Å²) in [4.78, 5) is 21.1. The van der Waals surface area contributed by atoms with E-state index in [4.69, 9.17) is 5.73 Å². The van der Waals surface area contributed by atoms with Crippen molar-refractivity contribution in [1.29, 1.82) is 0 Å². The second-order valence-corrected chi connectivity index (χ2v) is 6.07. The van der Waals surface area contributed by atoms with Crippen molar-refractivity contribution in [3.05, 3.63) is 52.6 Å². The maximum absolute atomic E-state index is 12.3. The number of hydrogen-bond donors (Lipinski definition) is 2. The summed E-state index contributed by atoms with van der Waals surface area (Å²) in [5.74, 6) is 1.09. The molecule has 0 atom stereocenters. The minimum Gasteiger partial charge on any atom is -0.326 e. The van der Waals surface area contributed by atoms with Gasteiger partial charge in [0.05, 0.1) is 6.54 Å². The number of rotatable bonds is 5. The number of amides is 1. The maximum atomic E-state index is 12.3. The van der Waals surface area contributed by atoms with Crippen molar-refractivity contribution >= 4 is 29.8 Å². The molecule has 0 radical (unpaired) electrons. The van der Waals surface area contributed by atoms with Crippen LogP contribution >= 0.6 is 12.4 Å². The largest absolute Gasteiger partial charge is 0.326 e. The first-order valence-electron chi connectivity index (χ1n) is 8.27. The Morgan fingerprint density at radius 1 is 1.19 bits per heavy atom. The standard InChI is InChI=1S/C18H22N6O.ClH/c1-11-6-4-5-7-15(11)21-17(25)9-8-14-12(2)20-18-22-16(10-19)23-24(18)13(14)3;/h4-7H,8-10,19H2,1-3H3,(H,21,25);1H. The molecule has 138 valence electrons. The summed E-state index contributed by atoms with van der Waals surface area (Å²) in [5, 5.41) is 7.32. The molecule has 2 aromatic heterocycles. The topological polar surface area (TPSA) is 98.2 Å². The van der Waals surface area contributed by atoms with Gasteiger partial charge in [0.25, 0.3) is 5.78 Å². The van der Waals surface area contributed by atoms with Gasteiger partial charge in [0.1, 0.15) is 0 Å². The van der Waals surface area contributed by atoms with Crippen molar-refractivity contribution in [2.24, 2.45) is 5.73 Å². The van der Waals surface area contributed by atoms with Crippen LogP contribution in [0.5, 0.6) is 0 Å². The second-order valence-electron chi connectivity index (χ2n) is 6.07. The lowest BCUT2D eigenvalue weighted by Gasteiger charge is -2.11. The molecular formula is C18H23ClN6O. The quantitative estimate of drug-likeness (QED) is 0.715. The molecule has 0 aliphatic heterocycles. The molecule has 0 saturated heterocycles. The van der Waals surface area contributed by atoms with E-state index in [9.17, 15) is 4.79 Å². The molecule has 2 heterocycles. The van der Waals surface area contributed by atoms with Gasteiger partial charge in [0.2, 0.25) is 5.91 Å². The van der Waals surface area contributed by atoms with E-state index in [1.807, 2.05) is 45.0 Å². The number of anilines is 1. The monoisotopic (exact) mass is 374 g/mol. The van der Waals surface area contributed by atoms with Crippen LogP contribution in [0.2, 0.25) is 0 Å². The number of halogens is 1. The lowest BCUT2D eigenvalue weighted by atomic mass is 10.1. The van der Waals surface area contributed by atoms with E-state index in [-0.39, 0.29) is 24.9 Å². The molecule has 0 fully saturated rings. The Bertz CT molecular complexity index is 937. The Balaban J connectivity index is 0.00000243. The molecular weight excluding hydrogens is 352 g/mol. The van der Waals surface area contributed by atoms with Gasteiger partial charge < -0.3 is 11.1 Å². The summed E-state index contributed by atoms with van der Waals surface area (Å²) in [5.41, 5.74) is 10.3. The van der Waals surface area contributed by atoms with Crippen LogP contribution in [0.4, 0.5) is 5.69 Å². The molecule has 8 heteroatoms. The molecule has 0 unspecified atom stereocenters. The number of para-hydroxylation sites is 1. The van der Waals surface area contributed by atoms with Gasteiger partial charge in [-0.05, 0) is 44.4 Å². The number of nitrogens with one attached hydrogen (secondary N) is 1. The van der Waals surface area contributed by atoms with Crippen molar-refractivity contribution in [2.75, 3.05) is 5.32 Å². The highest BCUT2D eigenvalue weighted by molar-refractivity contribution is 5.91. The zero-order valence-electron chi connectivity index (χ0n) is 15.1. The highest BCUT2D eigenvalue weighted by Crippen LogP contribution is 2.17. The normalized spacial score (nSPS) is 10.6. The molecule has 3 rings (SSSR count). The number of aryl methyl sites for hydroxylation is 3. The average molecular weight is 375 g/mol. The number of benzene rings is 1. The van der Waals surface area contributed by atoms with E-state index in [2.05, 4.69) is 20.4 Å². The van der Waals surface area contributed by atoms with Crippen LogP contribution in [0, 0.1) is 20.8 Å². The minimum absolute atomic E-state index is 0. The van der Waals surface area contributed by atoms with Gasteiger partial charge in [-0.2, -0.15) is 4.98 Å². The van der Waals surface area contributed by atoms with E-state index < -0.39 is 0 Å². The molecule has 7 nitrogen and oxygen atoms in total. The Hall–Kier alpha value is -2.51. The summed E-state index contributed by atoms with van der Waals surface area (Å²) in [7, 11) is 0. The molecule has 0 spiro atoms. The van der Waals surface area contributed by atoms with E-state index in [0.717, 1.165) is 28.2 Å². The summed E-state index contributed by atoms with van der Waals surface area (Å²) in [6.45, 7) is 6.14. The van der Waals surface area contributed by atoms with Crippen LogP contribution in [0.1, 0.15) is 34.8 Å². The number of aromatic nitrogens is 4. The average Bonchev–Trinajstić information content (AvgIpc) is 3.00. The van der Waals surface area contributed by atoms with Crippen molar-refractivity contribution < 1.29 is 4.79 Å². The predicted molar refractivity (Wildman–Crippen MR) is 104 cm³/mol. The SMILES string of the molecule is Cc1ccccc1NC(=O)CCc1c(C)nc2nc(CN)nn2c1C.Cl. The summed E-state index contributed by atoms with van der Waals surface area (Å²) in [6.07, 6.45) is 0.970. The molecule has 3 N–H and O–H groups in total. The number of nitrogens with zero attached hydrogens (tertiary/aromatic N) is 4. The van der Waals surface area contributed by atoms with Gasteiger partial charge in [0.15, 0.2) is 5.82 Å². The summed E-state index contributed by atoms with van der Waals surface area (Å²) < 4.78 is 1.70. The molecule has 0 aliphatic rings. The Morgan fingerprint density at radius 3 is 2.62 bits per heavy atom. The van der Waals surface area contributed by atoms with Crippen LogP contribution in [0.15, 0.2) is 24.3 Å². The summed E-state index contributed by atoms with van der Waals surface area (Å²) >= 11 is 0. The third-order valence-electron chi connectivity index (χ3n) is 4.30. The molecule has 1 aromatic carbocycles. The van der Waals surface area contributed by atoms with E-state index in [1.165, 1.54) is 0 Å². The van der Waals surface area contributed by atoms with Crippen molar-refractivity contribution in [3.63, 3.8) is 0 Å². The molecule has 1 amide bonds. The smallest absolute Gasteiger partial charge is 0.252 e. The first kappa shape index (κ1) is 19.8. The van der Waals surface area contributed by atoms with Crippen LogP contribution in [-0.4, -0.2) is 25.5 Å². The van der Waals surface area contributed by atoms with Gasteiger partial charge >= 0.3 is 0 Å².